The second-order valence-corrected chi connectivity index (χ2v) is 5.39. The quantitative estimate of drug-likeness (QED) is 0.880. The van der Waals surface area contributed by atoms with Crippen LogP contribution in [0.1, 0.15) is 24.2 Å². The molecule has 20 heavy (non-hydrogen) atoms. The Hall–Kier alpha value is -1.59. The third-order valence-corrected chi connectivity index (χ3v) is 3.71. The van der Waals surface area contributed by atoms with Crippen molar-refractivity contribution < 1.29 is 9.15 Å². The molecule has 1 atom stereocenters. The zero-order valence-electron chi connectivity index (χ0n) is 11.8. The summed E-state index contributed by atoms with van der Waals surface area (Å²) >= 11 is 0. The number of aromatic amines is 1. The van der Waals surface area contributed by atoms with Gasteiger partial charge in [-0.25, -0.2) is 0 Å². The van der Waals surface area contributed by atoms with E-state index in [0.29, 0.717) is 5.92 Å². The molecule has 0 spiro atoms. The highest BCUT2D eigenvalue weighted by Gasteiger charge is 2.15. The van der Waals surface area contributed by atoms with Gasteiger partial charge in [-0.3, -0.25) is 5.10 Å². The second kappa shape index (κ2) is 6.24. The van der Waals surface area contributed by atoms with Gasteiger partial charge < -0.3 is 14.5 Å². The summed E-state index contributed by atoms with van der Waals surface area (Å²) in [6.45, 7) is 5.52. The molecule has 5 nitrogen and oxygen atoms in total. The van der Waals surface area contributed by atoms with Gasteiger partial charge in [-0.1, -0.05) is 0 Å². The van der Waals surface area contributed by atoms with Crippen LogP contribution in [0.4, 0.5) is 0 Å². The van der Waals surface area contributed by atoms with Crippen LogP contribution in [-0.4, -0.2) is 30.0 Å². The molecule has 0 amide bonds. The van der Waals surface area contributed by atoms with Crippen molar-refractivity contribution >= 4 is 0 Å². The van der Waals surface area contributed by atoms with Crippen molar-refractivity contribution in [1.82, 2.24) is 15.5 Å². The Morgan fingerprint density at radius 3 is 3.15 bits per heavy atom. The molecule has 3 heterocycles. The Kier molecular flexibility index (Phi) is 4.18. The Bertz CT molecular complexity index is 541. The smallest absolute Gasteiger partial charge is 0.152 e. The van der Waals surface area contributed by atoms with Crippen LogP contribution in [0.25, 0.3) is 11.5 Å². The van der Waals surface area contributed by atoms with E-state index in [1.54, 1.807) is 0 Å². The van der Waals surface area contributed by atoms with E-state index in [-0.39, 0.29) is 0 Å². The molecule has 1 unspecified atom stereocenters. The topological polar surface area (TPSA) is 63.1 Å². The van der Waals surface area contributed by atoms with Crippen molar-refractivity contribution in [2.45, 2.75) is 26.3 Å². The van der Waals surface area contributed by atoms with Gasteiger partial charge in [-0.2, -0.15) is 5.10 Å². The number of aryl methyl sites for hydroxylation is 1. The molecule has 1 saturated heterocycles. The molecular formula is C15H21N3O2. The molecule has 0 saturated carbocycles. The highest BCUT2D eigenvalue weighted by molar-refractivity contribution is 5.56. The minimum atomic E-state index is 0.630. The average molecular weight is 275 g/mol. The number of aromatic nitrogens is 2. The van der Waals surface area contributed by atoms with Crippen LogP contribution in [0.3, 0.4) is 0 Å². The van der Waals surface area contributed by atoms with E-state index in [1.807, 2.05) is 25.3 Å². The molecule has 0 radical (unpaired) electrons. The minimum absolute atomic E-state index is 0.630. The summed E-state index contributed by atoms with van der Waals surface area (Å²) in [6.07, 6.45) is 4.29. The first kappa shape index (κ1) is 13.4. The predicted molar refractivity (Wildman–Crippen MR) is 76.3 cm³/mol. The number of H-pyrrole nitrogens is 1. The van der Waals surface area contributed by atoms with Gasteiger partial charge in [0.15, 0.2) is 5.76 Å². The highest BCUT2D eigenvalue weighted by Crippen LogP contribution is 2.23. The summed E-state index contributed by atoms with van der Waals surface area (Å²) in [4.78, 5) is 0. The van der Waals surface area contributed by atoms with Gasteiger partial charge in [0.05, 0.1) is 12.8 Å². The molecule has 5 heteroatoms. The summed E-state index contributed by atoms with van der Waals surface area (Å²) < 4.78 is 11.1. The number of nitrogens with zero attached hydrogens (tertiary/aromatic N) is 1. The van der Waals surface area contributed by atoms with Gasteiger partial charge in [-0.05, 0) is 37.8 Å². The monoisotopic (exact) mass is 275 g/mol. The lowest BCUT2D eigenvalue weighted by molar-refractivity contribution is 0.0547. The highest BCUT2D eigenvalue weighted by atomic mass is 16.5. The fourth-order valence-electron chi connectivity index (χ4n) is 2.61. The number of ether oxygens (including phenoxy) is 1. The van der Waals surface area contributed by atoms with Crippen molar-refractivity contribution in [2.75, 3.05) is 19.8 Å². The minimum Gasteiger partial charge on any atom is -0.460 e. The zero-order valence-corrected chi connectivity index (χ0v) is 11.8. The molecule has 3 rings (SSSR count). The first-order valence-corrected chi connectivity index (χ1v) is 7.20. The van der Waals surface area contributed by atoms with E-state index < -0.39 is 0 Å². The SMILES string of the molecule is Cc1ccc(-c2[nH]ncc2CNCC2CCCOC2)o1. The fraction of sp³-hybridized carbons (Fsp3) is 0.533. The Labute approximate surface area is 118 Å². The van der Waals surface area contributed by atoms with Gasteiger partial charge in [0.2, 0.25) is 0 Å². The maximum Gasteiger partial charge on any atom is 0.152 e. The van der Waals surface area contributed by atoms with Crippen LogP contribution in [0, 0.1) is 12.8 Å². The Morgan fingerprint density at radius 1 is 1.45 bits per heavy atom. The van der Waals surface area contributed by atoms with E-state index in [4.69, 9.17) is 9.15 Å². The van der Waals surface area contributed by atoms with Crippen LogP contribution >= 0.6 is 0 Å². The van der Waals surface area contributed by atoms with E-state index in [2.05, 4.69) is 15.5 Å². The molecule has 2 N–H and O–H groups in total. The summed E-state index contributed by atoms with van der Waals surface area (Å²) in [5.41, 5.74) is 2.10. The maximum absolute atomic E-state index is 5.65. The molecule has 108 valence electrons. The van der Waals surface area contributed by atoms with Crippen molar-refractivity contribution in [2.24, 2.45) is 5.92 Å². The first-order valence-electron chi connectivity index (χ1n) is 7.20. The lowest BCUT2D eigenvalue weighted by Crippen LogP contribution is -2.28. The average Bonchev–Trinajstić information content (AvgIpc) is 3.09. The predicted octanol–water partition coefficient (Wildman–Crippen LogP) is 2.49. The van der Waals surface area contributed by atoms with Gasteiger partial charge >= 0.3 is 0 Å². The van der Waals surface area contributed by atoms with Gasteiger partial charge in [0.1, 0.15) is 11.5 Å². The zero-order chi connectivity index (χ0) is 13.8. The molecule has 2 aromatic rings. The van der Waals surface area contributed by atoms with Crippen molar-refractivity contribution in [3.05, 3.63) is 29.7 Å². The number of nitrogens with one attached hydrogen (secondary N) is 2. The Morgan fingerprint density at radius 2 is 2.40 bits per heavy atom. The van der Waals surface area contributed by atoms with Gasteiger partial charge in [-0.15, -0.1) is 0 Å². The lowest BCUT2D eigenvalue weighted by atomic mass is 10.0. The van der Waals surface area contributed by atoms with Gasteiger partial charge in [0, 0.05) is 25.3 Å². The molecule has 1 aliphatic rings. The summed E-state index contributed by atoms with van der Waals surface area (Å²) in [7, 11) is 0. The van der Waals surface area contributed by atoms with Crippen LogP contribution in [0.2, 0.25) is 0 Å². The number of hydrogen-bond donors (Lipinski definition) is 2. The number of rotatable bonds is 5. The molecule has 0 aliphatic carbocycles. The Balaban J connectivity index is 1.56. The molecule has 0 bridgehead atoms. The fourth-order valence-corrected chi connectivity index (χ4v) is 2.61. The second-order valence-electron chi connectivity index (χ2n) is 5.39. The third-order valence-electron chi connectivity index (χ3n) is 3.71. The van der Waals surface area contributed by atoms with Crippen LogP contribution < -0.4 is 5.32 Å². The number of hydrogen-bond acceptors (Lipinski definition) is 4. The van der Waals surface area contributed by atoms with Gasteiger partial charge in [0.25, 0.3) is 0 Å². The standard InChI is InChI=1S/C15H21N3O2/c1-11-4-5-14(20-11)15-13(9-17-18-15)8-16-7-12-3-2-6-19-10-12/h4-5,9,12,16H,2-3,6-8,10H2,1H3,(H,17,18). The van der Waals surface area contributed by atoms with E-state index in [0.717, 1.165) is 49.1 Å². The first-order chi connectivity index (χ1) is 9.83. The van der Waals surface area contributed by atoms with E-state index in [9.17, 15) is 0 Å². The molecular weight excluding hydrogens is 254 g/mol. The molecule has 1 fully saturated rings. The lowest BCUT2D eigenvalue weighted by Gasteiger charge is -2.22. The largest absolute Gasteiger partial charge is 0.460 e. The van der Waals surface area contributed by atoms with Crippen molar-refractivity contribution in [3.8, 4) is 11.5 Å². The van der Waals surface area contributed by atoms with E-state index >= 15 is 0 Å². The summed E-state index contributed by atoms with van der Waals surface area (Å²) in [5, 5.41) is 10.6. The summed E-state index contributed by atoms with van der Waals surface area (Å²) in [6, 6.07) is 3.94. The maximum atomic E-state index is 5.65. The number of furan rings is 1. The normalized spacial score (nSPS) is 19.4. The van der Waals surface area contributed by atoms with Crippen LogP contribution in [0.5, 0.6) is 0 Å². The van der Waals surface area contributed by atoms with Crippen LogP contribution in [0.15, 0.2) is 22.7 Å². The summed E-state index contributed by atoms with van der Waals surface area (Å²) in [5.74, 6) is 2.38. The molecule has 0 aromatic carbocycles. The molecule has 2 aromatic heterocycles. The van der Waals surface area contributed by atoms with E-state index in [1.165, 1.54) is 12.8 Å². The van der Waals surface area contributed by atoms with Crippen LogP contribution in [-0.2, 0) is 11.3 Å². The molecule has 1 aliphatic heterocycles. The third kappa shape index (κ3) is 3.11. The van der Waals surface area contributed by atoms with Crippen molar-refractivity contribution in [1.29, 1.82) is 0 Å². The van der Waals surface area contributed by atoms with Crippen molar-refractivity contribution in [3.63, 3.8) is 0 Å².